The van der Waals surface area contributed by atoms with Crippen molar-refractivity contribution in [2.24, 2.45) is 0 Å². The summed E-state index contributed by atoms with van der Waals surface area (Å²) >= 11 is 0. The van der Waals surface area contributed by atoms with Crippen molar-refractivity contribution in [2.45, 2.75) is 6.92 Å². The molecule has 0 N–H and O–H groups in total. The lowest BCUT2D eigenvalue weighted by atomic mass is 10.1. The topological polar surface area (TPSA) is 61.6 Å². The number of carbonyl (C=O) groups excluding carboxylic acids is 1. The number of furan rings is 1. The summed E-state index contributed by atoms with van der Waals surface area (Å²) in [6, 6.07) is 10.5. The van der Waals surface area contributed by atoms with Gasteiger partial charge in [0, 0.05) is 29.3 Å². The summed E-state index contributed by atoms with van der Waals surface area (Å²) in [4.78, 5) is 16.1. The number of pyridine rings is 1. The third-order valence-corrected chi connectivity index (χ3v) is 3.17. The maximum Gasteiger partial charge on any atom is 0.381 e. The molecule has 0 radical (unpaired) electrons. The van der Waals surface area contributed by atoms with Gasteiger partial charge in [-0.25, -0.2) is 9.78 Å². The SMILES string of the molecule is COc1ccc2c(C)c(C(=O)Oc3ccccn3)oc2c1. The molecule has 0 fully saturated rings. The van der Waals surface area contributed by atoms with Gasteiger partial charge in [-0.2, -0.15) is 0 Å². The molecule has 21 heavy (non-hydrogen) atoms. The number of benzene rings is 1. The van der Waals surface area contributed by atoms with Crippen LogP contribution in [0.15, 0.2) is 47.0 Å². The second kappa shape index (κ2) is 5.28. The van der Waals surface area contributed by atoms with E-state index in [2.05, 4.69) is 4.98 Å². The monoisotopic (exact) mass is 283 g/mol. The highest BCUT2D eigenvalue weighted by Crippen LogP contribution is 2.29. The maximum absolute atomic E-state index is 12.2. The predicted octanol–water partition coefficient (Wildman–Crippen LogP) is 3.36. The summed E-state index contributed by atoms with van der Waals surface area (Å²) in [6.45, 7) is 1.81. The average Bonchev–Trinajstić information content (AvgIpc) is 2.85. The number of esters is 1. The molecule has 3 aromatic rings. The van der Waals surface area contributed by atoms with E-state index < -0.39 is 5.97 Å². The minimum atomic E-state index is -0.568. The number of hydrogen-bond donors (Lipinski definition) is 0. The van der Waals surface area contributed by atoms with Crippen molar-refractivity contribution in [3.05, 3.63) is 53.9 Å². The molecular weight excluding hydrogens is 270 g/mol. The molecule has 0 saturated carbocycles. The van der Waals surface area contributed by atoms with Gasteiger partial charge in [-0.05, 0) is 25.1 Å². The fourth-order valence-corrected chi connectivity index (χ4v) is 2.08. The van der Waals surface area contributed by atoms with Crippen LogP contribution in [-0.2, 0) is 0 Å². The highest BCUT2D eigenvalue weighted by atomic mass is 16.6. The fraction of sp³-hybridized carbons (Fsp3) is 0.125. The van der Waals surface area contributed by atoms with Gasteiger partial charge in [0.1, 0.15) is 11.3 Å². The van der Waals surface area contributed by atoms with Gasteiger partial charge in [0.15, 0.2) is 0 Å². The zero-order valence-corrected chi connectivity index (χ0v) is 11.6. The van der Waals surface area contributed by atoms with Crippen molar-refractivity contribution < 1.29 is 18.7 Å². The molecule has 0 aliphatic rings. The van der Waals surface area contributed by atoms with Gasteiger partial charge in [0.05, 0.1) is 7.11 Å². The number of hydrogen-bond acceptors (Lipinski definition) is 5. The van der Waals surface area contributed by atoms with Crippen LogP contribution in [0.3, 0.4) is 0 Å². The summed E-state index contributed by atoms with van der Waals surface area (Å²) in [5.41, 5.74) is 1.31. The fourth-order valence-electron chi connectivity index (χ4n) is 2.08. The zero-order valence-electron chi connectivity index (χ0n) is 11.6. The number of nitrogens with zero attached hydrogens (tertiary/aromatic N) is 1. The number of methoxy groups -OCH3 is 1. The first-order valence-electron chi connectivity index (χ1n) is 6.39. The molecule has 5 heteroatoms. The highest BCUT2D eigenvalue weighted by Gasteiger charge is 2.20. The minimum absolute atomic E-state index is 0.170. The Balaban J connectivity index is 1.96. The second-order valence-corrected chi connectivity index (χ2v) is 4.48. The molecule has 0 amide bonds. The maximum atomic E-state index is 12.2. The van der Waals surface area contributed by atoms with E-state index in [9.17, 15) is 4.79 Å². The van der Waals surface area contributed by atoms with E-state index in [-0.39, 0.29) is 11.6 Å². The lowest BCUT2D eigenvalue weighted by molar-refractivity contribution is 0.0695. The van der Waals surface area contributed by atoms with Crippen molar-refractivity contribution in [1.29, 1.82) is 0 Å². The lowest BCUT2D eigenvalue weighted by Crippen LogP contribution is -2.09. The Hall–Kier alpha value is -2.82. The van der Waals surface area contributed by atoms with Gasteiger partial charge in [0.25, 0.3) is 0 Å². The van der Waals surface area contributed by atoms with Crippen molar-refractivity contribution in [1.82, 2.24) is 4.98 Å². The van der Waals surface area contributed by atoms with Crippen molar-refractivity contribution in [3.8, 4) is 11.6 Å². The first-order valence-corrected chi connectivity index (χ1v) is 6.39. The van der Waals surface area contributed by atoms with E-state index in [0.717, 1.165) is 10.9 Å². The lowest BCUT2D eigenvalue weighted by Gasteiger charge is -2.00. The summed E-state index contributed by atoms with van der Waals surface area (Å²) in [6.07, 6.45) is 1.55. The number of aromatic nitrogens is 1. The third kappa shape index (κ3) is 2.45. The van der Waals surface area contributed by atoms with Gasteiger partial charge in [-0.1, -0.05) is 6.07 Å². The number of ether oxygens (including phenoxy) is 2. The van der Waals surface area contributed by atoms with Gasteiger partial charge < -0.3 is 13.9 Å². The van der Waals surface area contributed by atoms with Gasteiger partial charge in [-0.3, -0.25) is 0 Å². The van der Waals surface area contributed by atoms with Crippen LogP contribution >= 0.6 is 0 Å². The Morgan fingerprint density at radius 2 is 2.10 bits per heavy atom. The van der Waals surface area contributed by atoms with Gasteiger partial charge >= 0.3 is 5.97 Å². The zero-order chi connectivity index (χ0) is 14.8. The largest absolute Gasteiger partial charge is 0.497 e. The molecule has 0 spiro atoms. The Kier molecular flexibility index (Phi) is 3.31. The molecule has 106 valence electrons. The van der Waals surface area contributed by atoms with E-state index >= 15 is 0 Å². The van der Waals surface area contributed by atoms with Crippen LogP contribution in [0, 0.1) is 6.92 Å². The summed E-state index contributed by atoms with van der Waals surface area (Å²) in [5, 5.41) is 0.851. The first kappa shape index (κ1) is 13.2. The molecule has 5 nitrogen and oxygen atoms in total. The minimum Gasteiger partial charge on any atom is -0.497 e. The smallest absolute Gasteiger partial charge is 0.381 e. The van der Waals surface area contributed by atoms with Crippen LogP contribution in [0.1, 0.15) is 16.1 Å². The van der Waals surface area contributed by atoms with Crippen molar-refractivity contribution >= 4 is 16.9 Å². The van der Waals surface area contributed by atoms with Crippen molar-refractivity contribution in [2.75, 3.05) is 7.11 Å². The Morgan fingerprint density at radius 3 is 2.81 bits per heavy atom. The van der Waals surface area contributed by atoms with Crippen LogP contribution in [0.5, 0.6) is 11.6 Å². The summed E-state index contributed by atoms with van der Waals surface area (Å²) in [5.74, 6) is 0.506. The Labute approximate surface area is 121 Å². The van der Waals surface area contributed by atoms with Gasteiger partial charge in [-0.15, -0.1) is 0 Å². The van der Waals surface area contributed by atoms with Crippen LogP contribution in [-0.4, -0.2) is 18.1 Å². The van der Waals surface area contributed by atoms with Gasteiger partial charge in [0.2, 0.25) is 11.6 Å². The highest BCUT2D eigenvalue weighted by molar-refractivity contribution is 5.97. The van der Waals surface area contributed by atoms with E-state index in [1.54, 1.807) is 37.6 Å². The first-order chi connectivity index (χ1) is 10.2. The second-order valence-electron chi connectivity index (χ2n) is 4.48. The van der Waals surface area contributed by atoms with Crippen LogP contribution in [0.2, 0.25) is 0 Å². The molecule has 0 atom stereocenters. The standard InChI is InChI=1S/C16H13NO4/c1-10-12-7-6-11(19-2)9-13(12)20-15(10)16(18)21-14-5-3-4-8-17-14/h3-9H,1-2H3. The molecule has 0 bridgehead atoms. The van der Waals surface area contributed by atoms with Crippen LogP contribution in [0.25, 0.3) is 11.0 Å². The number of carbonyl (C=O) groups is 1. The Bertz CT molecular complexity index is 793. The molecule has 0 aliphatic carbocycles. The Morgan fingerprint density at radius 1 is 1.24 bits per heavy atom. The number of aryl methyl sites for hydroxylation is 1. The number of fused-ring (bicyclic) bond motifs is 1. The molecule has 0 saturated heterocycles. The quantitative estimate of drug-likeness (QED) is 0.690. The predicted molar refractivity (Wildman–Crippen MR) is 76.7 cm³/mol. The van der Waals surface area contributed by atoms with E-state index in [1.807, 2.05) is 19.1 Å². The molecule has 0 unspecified atom stereocenters. The third-order valence-electron chi connectivity index (χ3n) is 3.17. The summed E-state index contributed by atoms with van der Waals surface area (Å²) in [7, 11) is 1.58. The molecule has 2 heterocycles. The van der Waals surface area contributed by atoms with E-state index in [4.69, 9.17) is 13.9 Å². The van der Waals surface area contributed by atoms with E-state index in [0.29, 0.717) is 11.3 Å². The average molecular weight is 283 g/mol. The molecule has 3 rings (SSSR count). The van der Waals surface area contributed by atoms with Crippen LogP contribution in [0.4, 0.5) is 0 Å². The normalized spacial score (nSPS) is 10.6. The van der Waals surface area contributed by atoms with Crippen LogP contribution < -0.4 is 9.47 Å². The van der Waals surface area contributed by atoms with Crippen molar-refractivity contribution in [3.63, 3.8) is 0 Å². The number of rotatable bonds is 3. The molecule has 1 aromatic carbocycles. The molecule has 0 aliphatic heterocycles. The molecule has 2 aromatic heterocycles. The molecular formula is C16H13NO4. The van der Waals surface area contributed by atoms with E-state index in [1.165, 1.54) is 0 Å². The summed E-state index contributed by atoms with van der Waals surface area (Å²) < 4.78 is 15.9.